The number of carbonyl (C=O) groups excluding carboxylic acids is 8. The van der Waals surface area contributed by atoms with E-state index in [0.29, 0.717) is 105 Å². The van der Waals surface area contributed by atoms with Gasteiger partial charge in [0.05, 0.1) is 16.6 Å². The van der Waals surface area contributed by atoms with E-state index < -0.39 is 47.7 Å². The van der Waals surface area contributed by atoms with E-state index in [0.717, 1.165) is 84.7 Å². The Bertz CT molecular complexity index is 6200. The van der Waals surface area contributed by atoms with E-state index in [1.165, 1.54) is 46.5 Å². The predicted molar refractivity (Wildman–Crippen MR) is 528 cm³/mol. The van der Waals surface area contributed by atoms with Crippen LogP contribution in [0.5, 0.6) is 11.5 Å². The van der Waals surface area contributed by atoms with E-state index in [2.05, 4.69) is 99.1 Å². The Balaban J connectivity index is 0.000000161. The van der Waals surface area contributed by atoms with Gasteiger partial charge in [0.15, 0.2) is 11.5 Å². The predicted octanol–water partition coefficient (Wildman–Crippen LogP) is 19.4. The Morgan fingerprint density at radius 1 is 0.306 bits per heavy atom. The minimum atomic E-state index is -0.768. The Kier molecular flexibility index (Phi) is 38.6. The van der Waals surface area contributed by atoms with Crippen molar-refractivity contribution in [2.24, 2.45) is 0 Å². The SMILES string of the molecule is O=C(N[C@@H](Cc1ccc(Cl)cc1)C(=O)NCCCc1ccccc1)c1ccc(F)cc1.O=C(N[C@@H](Cc1ccc(Cl)cc1)C(=O)NCCCc1ccccc1)c1ccc(Oc2ccccc2)cc1.O=C(N[C@@H](Cc1ccc(Cl)cc1)C(=O)NCCCc1ccccc1)c1n[nH]c2ccccc12.O=C(N[C@@H](Cc1ccc(Cl)cc1)C(=O)NCCCc1ccccc1)c1nc2ccccc2[nH]1. The minimum Gasteiger partial charge on any atom is -0.457 e. The van der Waals surface area contributed by atoms with Crippen molar-refractivity contribution in [3.05, 3.63) is 439 Å². The summed E-state index contributed by atoms with van der Waals surface area (Å²) < 4.78 is 19.0. The van der Waals surface area contributed by atoms with Crippen molar-refractivity contribution in [1.82, 2.24) is 62.7 Å². The number of aromatic amines is 2. The summed E-state index contributed by atoms with van der Waals surface area (Å²) in [6.45, 7) is 2.06. The molecule has 0 aliphatic rings. The van der Waals surface area contributed by atoms with Gasteiger partial charge in [0.25, 0.3) is 23.6 Å². The Morgan fingerprint density at radius 2 is 0.604 bits per heavy atom. The standard InChI is InChI=1S/C31H29ClN2O3.2C26H25ClN4O2.C25H24ClFN2O2/c32-26-17-13-24(14-18-26)22-29(31(36)33-21-7-10-23-8-3-1-4-9-23)34-30(35)25-15-19-28(20-16-25)37-27-11-5-2-6-12-27;27-20-14-12-19(13-15-20)17-23(25(32)28-16-6-9-18-7-2-1-3-8-18)31-26(33)24-29-21-10-4-5-11-22(21)30-24;27-20-14-12-19(13-15-20)17-23(25(32)28-16-6-9-18-7-2-1-3-8-18)29-26(33)24-21-10-4-5-11-22(21)30-31-24;26-21-12-8-19(9-13-21)17-23(29-24(30)20-10-14-22(27)15-11-20)25(31)28-16-4-7-18-5-2-1-3-6-18/h1-6,8-9,11-20,29H,7,10,21-22H2,(H,33,36)(H,34,35);1-5,7-8,10-15,23H,6,9,16-17H2,(H,28,32)(H,29,30)(H,31,33);1-5,7-8,10-15,23H,6,9,16-17H2,(H,28,32)(H,29,33)(H,30,31);1-3,5-6,8-15,23H,4,7,16-17H2,(H,28,31)(H,29,30)/t29-;3*23-/m0000/s1. The van der Waals surface area contributed by atoms with E-state index in [9.17, 15) is 42.7 Å². The number of hydrogen-bond acceptors (Lipinski definition) is 11. The van der Waals surface area contributed by atoms with E-state index in [1.807, 2.05) is 212 Å². The lowest BCUT2D eigenvalue weighted by Crippen LogP contribution is -2.48. The van der Waals surface area contributed by atoms with Gasteiger partial charge in [-0.3, -0.25) is 43.5 Å². The summed E-state index contributed by atoms with van der Waals surface area (Å²) in [5.74, 6) is -1.45. The van der Waals surface area contributed by atoms with Crippen molar-refractivity contribution in [1.29, 1.82) is 0 Å². The highest BCUT2D eigenvalue weighted by atomic mass is 35.5. The largest absolute Gasteiger partial charge is 0.457 e. The first-order valence-electron chi connectivity index (χ1n) is 44.2. The number of amides is 8. The molecule has 0 saturated heterocycles. The molecule has 0 spiro atoms. The number of aromatic nitrogens is 4. The maximum atomic E-state index is 13.1. The lowest BCUT2D eigenvalue weighted by Gasteiger charge is -2.19. The van der Waals surface area contributed by atoms with Gasteiger partial charge in [-0.2, -0.15) is 5.10 Å². The molecule has 134 heavy (non-hydrogen) atoms. The van der Waals surface area contributed by atoms with Crippen molar-refractivity contribution in [3.63, 3.8) is 0 Å². The third-order valence-corrected chi connectivity index (χ3v) is 22.5. The van der Waals surface area contributed by atoms with Crippen LogP contribution in [0.1, 0.15) is 112 Å². The average Bonchev–Trinajstić information content (AvgIpc) is 1.67. The van der Waals surface area contributed by atoms with Gasteiger partial charge in [0.1, 0.15) is 41.5 Å². The van der Waals surface area contributed by atoms with E-state index >= 15 is 0 Å². The summed E-state index contributed by atoms with van der Waals surface area (Å²) in [4.78, 5) is 111. The molecule has 15 rings (SSSR count). The molecule has 13 aromatic carbocycles. The maximum Gasteiger partial charge on any atom is 0.287 e. The molecule has 15 aromatic rings. The lowest BCUT2D eigenvalue weighted by atomic mass is 10.0. The maximum absolute atomic E-state index is 13.1. The number of carbonyl (C=O) groups is 8. The highest BCUT2D eigenvalue weighted by Gasteiger charge is 2.28. The third-order valence-electron chi connectivity index (χ3n) is 21.5. The van der Waals surface area contributed by atoms with E-state index in [4.69, 9.17) is 51.1 Å². The van der Waals surface area contributed by atoms with Crippen molar-refractivity contribution >= 4 is 116 Å². The molecule has 0 saturated carbocycles. The number of aryl methyl sites for hydroxylation is 4. The zero-order valence-electron chi connectivity index (χ0n) is 73.5. The van der Waals surface area contributed by atoms with Gasteiger partial charge in [-0.05, 0) is 223 Å². The number of benzene rings is 13. The second kappa shape index (κ2) is 52.5. The van der Waals surface area contributed by atoms with Crippen LogP contribution in [-0.2, 0) is 70.5 Å². The molecule has 0 aliphatic carbocycles. The van der Waals surface area contributed by atoms with Gasteiger partial charge >= 0.3 is 0 Å². The number of imidazole rings is 1. The molecule has 26 heteroatoms. The molecule has 21 nitrogen and oxygen atoms in total. The molecule has 684 valence electrons. The molecule has 0 fully saturated rings. The molecular weight excluding hydrogens is 1770 g/mol. The van der Waals surface area contributed by atoms with Crippen LogP contribution in [0.4, 0.5) is 4.39 Å². The monoisotopic (exact) mass is 1870 g/mol. The molecule has 4 atom stereocenters. The quantitative estimate of drug-likeness (QED) is 0.0162. The number of rotatable bonds is 38. The van der Waals surface area contributed by atoms with Crippen LogP contribution in [0, 0.1) is 5.82 Å². The molecule has 0 bridgehead atoms. The number of hydrogen-bond donors (Lipinski definition) is 10. The molecule has 0 aliphatic heterocycles. The fourth-order valence-corrected chi connectivity index (χ4v) is 14.9. The first-order chi connectivity index (χ1) is 65.2. The summed E-state index contributed by atoms with van der Waals surface area (Å²) in [5.41, 5.74) is 11.7. The van der Waals surface area contributed by atoms with Crippen molar-refractivity contribution in [2.45, 2.75) is 101 Å². The van der Waals surface area contributed by atoms with Gasteiger partial charge < -0.3 is 52.3 Å². The van der Waals surface area contributed by atoms with Crippen molar-refractivity contribution in [3.8, 4) is 11.5 Å². The van der Waals surface area contributed by atoms with Crippen LogP contribution in [-0.4, -0.2) is 118 Å². The van der Waals surface area contributed by atoms with Crippen LogP contribution in [0.25, 0.3) is 21.9 Å². The zero-order valence-corrected chi connectivity index (χ0v) is 76.5. The van der Waals surface area contributed by atoms with Crippen LogP contribution in [0.15, 0.2) is 346 Å². The second-order valence-corrected chi connectivity index (χ2v) is 33.4. The number of nitrogens with one attached hydrogen (secondary N) is 10. The number of ether oxygens (including phenoxy) is 1. The van der Waals surface area contributed by atoms with E-state index in [-0.39, 0.29) is 41.1 Å². The number of halogens is 5. The number of H-pyrrole nitrogens is 2. The number of para-hydroxylation sites is 4. The van der Waals surface area contributed by atoms with E-state index in [1.54, 1.807) is 72.8 Å². The van der Waals surface area contributed by atoms with Crippen LogP contribution in [0.3, 0.4) is 0 Å². The van der Waals surface area contributed by atoms with Gasteiger partial charge in [-0.1, -0.05) is 265 Å². The first kappa shape index (κ1) is 98.5. The molecule has 10 N–H and O–H groups in total. The summed E-state index contributed by atoms with van der Waals surface area (Å²) in [7, 11) is 0. The van der Waals surface area contributed by atoms with Crippen LogP contribution in [0.2, 0.25) is 20.1 Å². The fourth-order valence-electron chi connectivity index (χ4n) is 14.4. The molecular formula is C108H103Cl4FN12O9. The van der Waals surface area contributed by atoms with Gasteiger partial charge in [-0.25, -0.2) is 9.37 Å². The zero-order chi connectivity index (χ0) is 94.0. The Labute approximate surface area is 798 Å². The smallest absolute Gasteiger partial charge is 0.287 e. The third kappa shape index (κ3) is 32.8. The summed E-state index contributed by atoms with van der Waals surface area (Å²) in [5, 5.41) is 33.4. The molecule has 0 unspecified atom stereocenters. The molecule has 8 amide bonds. The highest BCUT2D eigenvalue weighted by Crippen LogP contribution is 2.24. The van der Waals surface area contributed by atoms with Crippen LogP contribution >= 0.6 is 46.4 Å². The Morgan fingerprint density at radius 3 is 0.963 bits per heavy atom. The average molecular weight is 1870 g/mol. The normalized spacial score (nSPS) is 11.6. The highest BCUT2D eigenvalue weighted by molar-refractivity contribution is 6.31. The molecule has 2 heterocycles. The van der Waals surface area contributed by atoms with Gasteiger partial charge in [0, 0.05) is 88.5 Å². The number of fused-ring (bicyclic) bond motifs is 2. The van der Waals surface area contributed by atoms with Crippen molar-refractivity contribution in [2.75, 3.05) is 26.2 Å². The summed E-state index contributed by atoms with van der Waals surface area (Å²) in [6.07, 6.45) is 8.01. The van der Waals surface area contributed by atoms with Gasteiger partial charge in [-0.15, -0.1) is 0 Å². The first-order valence-corrected chi connectivity index (χ1v) is 45.7. The second-order valence-electron chi connectivity index (χ2n) is 31.6. The van der Waals surface area contributed by atoms with Gasteiger partial charge in [0.2, 0.25) is 23.6 Å². The molecule has 2 aromatic heterocycles. The molecule has 0 radical (unpaired) electrons. The Hall–Kier alpha value is -14.6. The number of nitrogens with zero attached hydrogens (tertiary/aromatic N) is 2. The fraction of sp³-hybridized carbons (Fsp3) is 0.185. The van der Waals surface area contributed by atoms with Crippen molar-refractivity contribution < 1.29 is 47.5 Å². The topological polar surface area (TPSA) is 299 Å². The summed E-state index contributed by atoms with van der Waals surface area (Å²) >= 11 is 23.9. The van der Waals surface area contributed by atoms with Crippen LogP contribution < -0.4 is 47.3 Å². The summed E-state index contributed by atoms with van der Waals surface area (Å²) in [6, 6.07) is 103. The minimum absolute atomic E-state index is 0.175. The lowest BCUT2D eigenvalue weighted by molar-refractivity contribution is -0.123.